The van der Waals surface area contributed by atoms with Gasteiger partial charge >= 0.3 is 0 Å². The molecule has 0 aliphatic carbocycles. The predicted molar refractivity (Wildman–Crippen MR) is 75.9 cm³/mol. The SMILES string of the molecule is CC(C)C(=O)N1CCC(c2nc(C3CCOC3)no2)CC1. The second kappa shape index (κ2) is 6.13. The average Bonchev–Trinajstić information content (AvgIpc) is 3.17. The van der Waals surface area contributed by atoms with Gasteiger partial charge in [-0.25, -0.2) is 0 Å². The molecule has 2 aliphatic rings. The number of hydrogen-bond acceptors (Lipinski definition) is 5. The molecule has 6 nitrogen and oxygen atoms in total. The van der Waals surface area contributed by atoms with Crippen molar-refractivity contribution in [2.24, 2.45) is 5.92 Å². The first-order valence-corrected chi connectivity index (χ1v) is 7.85. The lowest BCUT2D eigenvalue weighted by Crippen LogP contribution is -2.40. The fourth-order valence-corrected chi connectivity index (χ4v) is 3.03. The van der Waals surface area contributed by atoms with E-state index in [1.54, 1.807) is 0 Å². The number of piperidine rings is 1. The molecule has 1 unspecified atom stereocenters. The summed E-state index contributed by atoms with van der Waals surface area (Å²) < 4.78 is 10.8. The number of amides is 1. The van der Waals surface area contributed by atoms with Crippen molar-refractivity contribution < 1.29 is 14.1 Å². The number of aromatic nitrogens is 2. The Bertz CT molecular complexity index is 486. The monoisotopic (exact) mass is 293 g/mol. The number of ether oxygens (including phenoxy) is 1. The molecule has 1 aromatic rings. The summed E-state index contributed by atoms with van der Waals surface area (Å²) in [5, 5.41) is 4.11. The molecule has 3 heterocycles. The Balaban J connectivity index is 1.58. The van der Waals surface area contributed by atoms with Gasteiger partial charge in [0.15, 0.2) is 5.82 Å². The van der Waals surface area contributed by atoms with Crippen LogP contribution in [0.15, 0.2) is 4.52 Å². The first-order valence-electron chi connectivity index (χ1n) is 7.85. The molecule has 0 saturated carbocycles. The lowest BCUT2D eigenvalue weighted by molar-refractivity contribution is -0.135. The largest absolute Gasteiger partial charge is 0.381 e. The summed E-state index contributed by atoms with van der Waals surface area (Å²) in [6.45, 7) is 6.94. The topological polar surface area (TPSA) is 68.5 Å². The minimum absolute atomic E-state index is 0.0684. The molecule has 6 heteroatoms. The summed E-state index contributed by atoms with van der Waals surface area (Å²) in [6, 6.07) is 0. The van der Waals surface area contributed by atoms with Gasteiger partial charge in [-0.05, 0) is 19.3 Å². The van der Waals surface area contributed by atoms with Crippen molar-refractivity contribution >= 4 is 5.91 Å². The number of nitrogens with zero attached hydrogens (tertiary/aromatic N) is 3. The number of likely N-dealkylation sites (tertiary alicyclic amines) is 1. The highest BCUT2D eigenvalue weighted by atomic mass is 16.5. The van der Waals surface area contributed by atoms with E-state index in [0.29, 0.717) is 6.61 Å². The molecular formula is C15H23N3O3. The Hall–Kier alpha value is -1.43. The standard InChI is InChI=1S/C15H23N3O3/c1-10(2)15(19)18-6-3-11(4-7-18)14-16-13(17-21-14)12-5-8-20-9-12/h10-12H,3-9H2,1-2H3. The predicted octanol–water partition coefficient (Wildman–Crippen LogP) is 1.94. The fourth-order valence-electron chi connectivity index (χ4n) is 3.03. The first kappa shape index (κ1) is 14.5. The van der Waals surface area contributed by atoms with Crippen molar-refractivity contribution in [1.82, 2.24) is 15.0 Å². The van der Waals surface area contributed by atoms with Crippen LogP contribution in [0, 0.1) is 5.92 Å². The second-order valence-corrected chi connectivity index (χ2v) is 6.31. The highest BCUT2D eigenvalue weighted by Gasteiger charge is 2.30. The molecule has 0 radical (unpaired) electrons. The number of carbonyl (C=O) groups excluding carboxylic acids is 1. The molecule has 3 rings (SSSR count). The maximum Gasteiger partial charge on any atom is 0.229 e. The van der Waals surface area contributed by atoms with E-state index in [2.05, 4.69) is 10.1 Å². The van der Waals surface area contributed by atoms with Crippen LogP contribution in [0.2, 0.25) is 0 Å². The third-order valence-electron chi connectivity index (χ3n) is 4.40. The number of rotatable bonds is 3. The maximum absolute atomic E-state index is 12.0. The van der Waals surface area contributed by atoms with Crippen LogP contribution in [-0.2, 0) is 9.53 Å². The van der Waals surface area contributed by atoms with Gasteiger partial charge in [0.2, 0.25) is 11.8 Å². The van der Waals surface area contributed by atoms with Crippen molar-refractivity contribution in [3.8, 4) is 0 Å². The third-order valence-corrected chi connectivity index (χ3v) is 4.40. The first-order chi connectivity index (χ1) is 10.1. The molecule has 1 atom stereocenters. The molecule has 0 bridgehead atoms. The Morgan fingerprint density at radius 2 is 2.00 bits per heavy atom. The van der Waals surface area contributed by atoms with Gasteiger partial charge in [-0.2, -0.15) is 4.98 Å². The molecule has 0 N–H and O–H groups in total. The maximum atomic E-state index is 12.0. The quantitative estimate of drug-likeness (QED) is 0.852. The Morgan fingerprint density at radius 1 is 1.24 bits per heavy atom. The average molecular weight is 293 g/mol. The van der Waals surface area contributed by atoms with Gasteiger partial charge in [0.05, 0.1) is 6.61 Å². The van der Waals surface area contributed by atoms with Gasteiger partial charge in [0, 0.05) is 37.5 Å². The van der Waals surface area contributed by atoms with E-state index < -0.39 is 0 Å². The van der Waals surface area contributed by atoms with Gasteiger partial charge in [-0.3, -0.25) is 4.79 Å². The van der Waals surface area contributed by atoms with Gasteiger partial charge in [-0.15, -0.1) is 0 Å². The van der Waals surface area contributed by atoms with Crippen LogP contribution in [0.3, 0.4) is 0 Å². The summed E-state index contributed by atoms with van der Waals surface area (Å²) in [7, 11) is 0. The number of hydrogen-bond donors (Lipinski definition) is 0. The molecule has 2 aliphatic heterocycles. The molecule has 0 aromatic carbocycles. The van der Waals surface area contributed by atoms with E-state index in [-0.39, 0.29) is 23.7 Å². The van der Waals surface area contributed by atoms with Crippen LogP contribution >= 0.6 is 0 Å². The molecule has 2 fully saturated rings. The molecule has 1 amide bonds. The van der Waals surface area contributed by atoms with Crippen molar-refractivity contribution in [1.29, 1.82) is 0 Å². The van der Waals surface area contributed by atoms with E-state index in [4.69, 9.17) is 9.26 Å². The van der Waals surface area contributed by atoms with E-state index in [9.17, 15) is 4.79 Å². The van der Waals surface area contributed by atoms with E-state index in [1.807, 2.05) is 18.7 Å². The van der Waals surface area contributed by atoms with Gasteiger partial charge in [-0.1, -0.05) is 19.0 Å². The molecule has 0 spiro atoms. The van der Waals surface area contributed by atoms with Crippen LogP contribution in [0.25, 0.3) is 0 Å². The molecule has 116 valence electrons. The summed E-state index contributed by atoms with van der Waals surface area (Å²) in [6.07, 6.45) is 2.78. The van der Waals surface area contributed by atoms with Crippen LogP contribution < -0.4 is 0 Å². The molecule has 1 aromatic heterocycles. The van der Waals surface area contributed by atoms with Gasteiger partial charge in [0.25, 0.3) is 0 Å². The van der Waals surface area contributed by atoms with E-state index >= 15 is 0 Å². The van der Waals surface area contributed by atoms with Crippen LogP contribution in [0.1, 0.15) is 56.7 Å². The van der Waals surface area contributed by atoms with Crippen LogP contribution in [-0.4, -0.2) is 47.3 Å². The zero-order valence-electron chi connectivity index (χ0n) is 12.7. The van der Waals surface area contributed by atoms with Crippen molar-refractivity contribution in [3.05, 3.63) is 11.7 Å². The number of carbonyl (C=O) groups is 1. The van der Waals surface area contributed by atoms with E-state index in [0.717, 1.165) is 50.7 Å². The lowest BCUT2D eigenvalue weighted by Gasteiger charge is -2.31. The summed E-state index contributed by atoms with van der Waals surface area (Å²) in [5.41, 5.74) is 0. The normalized spacial score (nSPS) is 24.0. The molecular weight excluding hydrogens is 270 g/mol. The van der Waals surface area contributed by atoms with Gasteiger partial charge < -0.3 is 14.2 Å². The molecule has 21 heavy (non-hydrogen) atoms. The van der Waals surface area contributed by atoms with Gasteiger partial charge in [0.1, 0.15) is 0 Å². The van der Waals surface area contributed by atoms with Crippen molar-refractivity contribution in [2.45, 2.75) is 44.9 Å². The summed E-state index contributed by atoms with van der Waals surface area (Å²) >= 11 is 0. The summed E-state index contributed by atoms with van der Waals surface area (Å²) in [4.78, 5) is 18.5. The summed E-state index contributed by atoms with van der Waals surface area (Å²) in [5.74, 6) is 2.38. The van der Waals surface area contributed by atoms with Crippen LogP contribution in [0.5, 0.6) is 0 Å². The second-order valence-electron chi connectivity index (χ2n) is 6.31. The Morgan fingerprint density at radius 3 is 2.62 bits per heavy atom. The van der Waals surface area contributed by atoms with E-state index in [1.165, 1.54) is 0 Å². The highest BCUT2D eigenvalue weighted by Crippen LogP contribution is 2.30. The Kier molecular flexibility index (Phi) is 4.24. The lowest BCUT2D eigenvalue weighted by atomic mass is 9.96. The zero-order valence-corrected chi connectivity index (χ0v) is 12.7. The van der Waals surface area contributed by atoms with Crippen LogP contribution in [0.4, 0.5) is 0 Å². The highest BCUT2D eigenvalue weighted by molar-refractivity contribution is 5.78. The third kappa shape index (κ3) is 3.10. The Labute approximate surface area is 124 Å². The van der Waals surface area contributed by atoms with Crippen molar-refractivity contribution in [2.75, 3.05) is 26.3 Å². The smallest absolute Gasteiger partial charge is 0.229 e. The van der Waals surface area contributed by atoms with Crippen molar-refractivity contribution in [3.63, 3.8) is 0 Å². The fraction of sp³-hybridized carbons (Fsp3) is 0.800. The minimum atomic E-state index is 0.0684. The molecule has 2 saturated heterocycles. The minimum Gasteiger partial charge on any atom is -0.381 e. The zero-order chi connectivity index (χ0) is 14.8.